The highest BCUT2D eigenvalue weighted by molar-refractivity contribution is 7.14. The quantitative estimate of drug-likeness (QED) is 0.641. The number of amides is 1. The Morgan fingerprint density at radius 3 is 2.55 bits per heavy atom. The fourth-order valence-corrected chi connectivity index (χ4v) is 3.39. The lowest BCUT2D eigenvalue weighted by atomic mass is 9.98. The SMILES string of the molecule is COC(C)(C(=O)O)C(=O)Nc1nc(C2CCCCCC2)cs1. The third kappa shape index (κ3) is 3.64. The molecule has 1 heterocycles. The van der Waals surface area contributed by atoms with E-state index in [1.165, 1.54) is 51.1 Å². The third-order valence-electron chi connectivity index (χ3n) is 4.27. The van der Waals surface area contributed by atoms with Gasteiger partial charge in [0.15, 0.2) is 5.13 Å². The molecule has 122 valence electrons. The number of carboxylic acid groups (broad SMARTS) is 1. The van der Waals surface area contributed by atoms with Crippen molar-refractivity contribution in [3.05, 3.63) is 11.1 Å². The third-order valence-corrected chi connectivity index (χ3v) is 5.04. The molecule has 1 aromatic heterocycles. The number of nitrogens with one attached hydrogen (secondary N) is 1. The summed E-state index contributed by atoms with van der Waals surface area (Å²) in [5.74, 6) is -1.60. The van der Waals surface area contributed by atoms with Crippen LogP contribution in [0, 0.1) is 0 Å². The van der Waals surface area contributed by atoms with E-state index in [1.54, 1.807) is 0 Å². The molecule has 1 atom stereocenters. The summed E-state index contributed by atoms with van der Waals surface area (Å²) in [5, 5.41) is 14.1. The highest BCUT2D eigenvalue weighted by atomic mass is 32.1. The molecule has 1 unspecified atom stereocenters. The number of methoxy groups -OCH3 is 1. The maximum absolute atomic E-state index is 12.1. The summed E-state index contributed by atoms with van der Waals surface area (Å²) in [5.41, 5.74) is -0.912. The first-order chi connectivity index (χ1) is 10.5. The number of hydrogen-bond acceptors (Lipinski definition) is 5. The zero-order valence-electron chi connectivity index (χ0n) is 12.9. The van der Waals surface area contributed by atoms with Gasteiger partial charge in [0.25, 0.3) is 5.91 Å². The van der Waals surface area contributed by atoms with Gasteiger partial charge >= 0.3 is 5.97 Å². The van der Waals surface area contributed by atoms with Gasteiger partial charge in [0.1, 0.15) is 0 Å². The Balaban J connectivity index is 2.05. The topological polar surface area (TPSA) is 88.5 Å². The molecule has 1 amide bonds. The second-order valence-electron chi connectivity index (χ2n) is 5.76. The van der Waals surface area contributed by atoms with Crippen molar-refractivity contribution < 1.29 is 19.4 Å². The summed E-state index contributed by atoms with van der Waals surface area (Å²) in [7, 11) is 1.20. The number of carbonyl (C=O) groups is 2. The molecule has 7 heteroatoms. The van der Waals surface area contributed by atoms with Gasteiger partial charge in [0.2, 0.25) is 5.60 Å². The van der Waals surface area contributed by atoms with E-state index in [0.29, 0.717) is 11.0 Å². The summed E-state index contributed by atoms with van der Waals surface area (Å²) in [6, 6.07) is 0. The molecule has 1 aliphatic carbocycles. The smallest absolute Gasteiger partial charge is 0.345 e. The van der Waals surface area contributed by atoms with Crippen LogP contribution in [0.1, 0.15) is 57.1 Å². The summed E-state index contributed by atoms with van der Waals surface area (Å²) in [6.07, 6.45) is 7.23. The summed E-state index contributed by atoms with van der Waals surface area (Å²) >= 11 is 1.33. The van der Waals surface area contributed by atoms with Crippen molar-refractivity contribution in [3.63, 3.8) is 0 Å². The molecule has 6 nitrogen and oxygen atoms in total. The number of aliphatic carboxylic acids is 1. The molecule has 0 radical (unpaired) electrons. The number of thiazole rings is 1. The van der Waals surface area contributed by atoms with Crippen LogP contribution in [0.3, 0.4) is 0 Å². The van der Waals surface area contributed by atoms with Crippen LogP contribution in [0.15, 0.2) is 5.38 Å². The van der Waals surface area contributed by atoms with Crippen molar-refractivity contribution in [1.29, 1.82) is 0 Å². The maximum atomic E-state index is 12.1. The number of carboxylic acids is 1. The standard InChI is InChI=1S/C15H22N2O4S/c1-15(21-2,13(19)20)12(18)17-14-16-11(9-22-14)10-7-5-3-4-6-8-10/h9-10H,3-8H2,1-2H3,(H,19,20)(H,16,17,18). The van der Waals surface area contributed by atoms with Crippen molar-refractivity contribution in [2.45, 2.75) is 57.0 Å². The second-order valence-corrected chi connectivity index (χ2v) is 6.62. The molecule has 1 fully saturated rings. The summed E-state index contributed by atoms with van der Waals surface area (Å²) < 4.78 is 4.84. The van der Waals surface area contributed by atoms with E-state index in [1.807, 2.05) is 5.38 Å². The summed E-state index contributed by atoms with van der Waals surface area (Å²) in [4.78, 5) is 27.7. The molecule has 2 rings (SSSR count). The average Bonchev–Trinajstić information content (AvgIpc) is 2.79. The molecular formula is C15H22N2O4S. The van der Waals surface area contributed by atoms with E-state index < -0.39 is 17.5 Å². The molecule has 22 heavy (non-hydrogen) atoms. The van der Waals surface area contributed by atoms with Gasteiger partial charge in [-0.05, 0) is 19.8 Å². The van der Waals surface area contributed by atoms with Crippen LogP contribution in [-0.4, -0.2) is 34.7 Å². The van der Waals surface area contributed by atoms with Crippen LogP contribution < -0.4 is 5.32 Å². The molecule has 0 aliphatic heterocycles. The molecule has 0 saturated heterocycles. The number of hydrogen-bond donors (Lipinski definition) is 2. The van der Waals surface area contributed by atoms with Crippen molar-refractivity contribution in [3.8, 4) is 0 Å². The predicted molar refractivity (Wildman–Crippen MR) is 84.2 cm³/mol. The maximum Gasteiger partial charge on any atom is 0.345 e. The molecular weight excluding hydrogens is 304 g/mol. The van der Waals surface area contributed by atoms with Crippen LogP contribution in [-0.2, 0) is 14.3 Å². The Morgan fingerprint density at radius 2 is 2.00 bits per heavy atom. The first kappa shape index (κ1) is 16.9. The minimum absolute atomic E-state index is 0.425. The van der Waals surface area contributed by atoms with Crippen LogP contribution in [0.25, 0.3) is 0 Å². The first-order valence-electron chi connectivity index (χ1n) is 7.53. The zero-order chi connectivity index (χ0) is 16.2. The van der Waals surface area contributed by atoms with Gasteiger partial charge in [-0.2, -0.15) is 0 Å². The molecule has 2 N–H and O–H groups in total. The number of ether oxygens (including phenoxy) is 1. The molecule has 0 aromatic carbocycles. The van der Waals surface area contributed by atoms with Gasteiger partial charge in [-0.3, -0.25) is 10.1 Å². The van der Waals surface area contributed by atoms with Gasteiger partial charge in [0, 0.05) is 18.4 Å². The number of aromatic nitrogens is 1. The van der Waals surface area contributed by atoms with Crippen molar-refractivity contribution in [1.82, 2.24) is 4.98 Å². The van der Waals surface area contributed by atoms with Crippen LogP contribution in [0.2, 0.25) is 0 Å². The lowest BCUT2D eigenvalue weighted by molar-refractivity contribution is -0.165. The Bertz CT molecular complexity index is 537. The number of carbonyl (C=O) groups excluding carboxylic acids is 1. The van der Waals surface area contributed by atoms with Gasteiger partial charge in [0.05, 0.1) is 5.69 Å². The van der Waals surface area contributed by atoms with Crippen molar-refractivity contribution in [2.24, 2.45) is 0 Å². The van der Waals surface area contributed by atoms with Crippen LogP contribution >= 0.6 is 11.3 Å². The Kier molecular flexibility index (Phi) is 5.52. The average molecular weight is 326 g/mol. The molecule has 0 bridgehead atoms. The minimum atomic E-state index is -1.91. The highest BCUT2D eigenvalue weighted by Crippen LogP contribution is 2.33. The normalized spacial score (nSPS) is 19.2. The zero-order valence-corrected chi connectivity index (χ0v) is 13.7. The van der Waals surface area contributed by atoms with Gasteiger partial charge in [-0.1, -0.05) is 25.7 Å². The van der Waals surface area contributed by atoms with Gasteiger partial charge in [-0.25, -0.2) is 9.78 Å². The van der Waals surface area contributed by atoms with E-state index in [0.717, 1.165) is 18.5 Å². The van der Waals surface area contributed by atoms with E-state index in [2.05, 4.69) is 10.3 Å². The highest BCUT2D eigenvalue weighted by Gasteiger charge is 2.42. The minimum Gasteiger partial charge on any atom is -0.479 e. The van der Waals surface area contributed by atoms with Crippen molar-refractivity contribution in [2.75, 3.05) is 12.4 Å². The predicted octanol–water partition coefficient (Wildman–Crippen LogP) is 3.01. The lowest BCUT2D eigenvalue weighted by Gasteiger charge is -2.20. The number of nitrogens with zero attached hydrogens (tertiary/aromatic N) is 1. The number of anilines is 1. The molecule has 1 saturated carbocycles. The fourth-order valence-electron chi connectivity index (χ4n) is 2.60. The second kappa shape index (κ2) is 7.19. The number of rotatable bonds is 5. The summed E-state index contributed by atoms with van der Waals surface area (Å²) in [6.45, 7) is 1.23. The Hall–Kier alpha value is -1.47. The Morgan fingerprint density at radius 1 is 1.36 bits per heavy atom. The van der Waals surface area contributed by atoms with Gasteiger partial charge < -0.3 is 9.84 Å². The van der Waals surface area contributed by atoms with E-state index in [4.69, 9.17) is 9.84 Å². The first-order valence-corrected chi connectivity index (χ1v) is 8.40. The monoisotopic (exact) mass is 326 g/mol. The molecule has 0 spiro atoms. The van der Waals surface area contributed by atoms with Gasteiger partial charge in [-0.15, -0.1) is 11.3 Å². The lowest BCUT2D eigenvalue weighted by Crippen LogP contribution is -2.48. The van der Waals surface area contributed by atoms with Crippen LogP contribution in [0.5, 0.6) is 0 Å². The largest absolute Gasteiger partial charge is 0.479 e. The molecule has 1 aromatic rings. The van der Waals surface area contributed by atoms with E-state index in [-0.39, 0.29) is 0 Å². The van der Waals surface area contributed by atoms with E-state index in [9.17, 15) is 9.59 Å². The van der Waals surface area contributed by atoms with E-state index >= 15 is 0 Å². The fraction of sp³-hybridized carbons (Fsp3) is 0.667. The molecule has 1 aliphatic rings. The Labute approximate surface area is 133 Å². The van der Waals surface area contributed by atoms with Crippen LogP contribution in [0.4, 0.5) is 5.13 Å². The van der Waals surface area contributed by atoms with Crippen molar-refractivity contribution >= 4 is 28.3 Å².